The predicted molar refractivity (Wildman–Crippen MR) is 123 cm³/mol. The van der Waals surface area contributed by atoms with E-state index in [0.29, 0.717) is 36.2 Å². The summed E-state index contributed by atoms with van der Waals surface area (Å²) in [6, 6.07) is 10.4. The first kappa shape index (κ1) is 25.3. The minimum absolute atomic E-state index is 0.0945. The number of esters is 2. The average Bonchev–Trinajstić information content (AvgIpc) is 2.82. The van der Waals surface area contributed by atoms with E-state index in [9.17, 15) is 9.59 Å². The van der Waals surface area contributed by atoms with Crippen LogP contribution in [0.15, 0.2) is 48.6 Å². The molecule has 0 aliphatic rings. The number of carbonyl (C=O) groups is 2. The second kappa shape index (κ2) is 13.5. The molecule has 2 rings (SSSR count). The zero-order valence-electron chi connectivity index (χ0n) is 19.2. The molecule has 33 heavy (non-hydrogen) atoms. The van der Waals surface area contributed by atoms with E-state index >= 15 is 0 Å². The molecule has 0 aliphatic carbocycles. The van der Waals surface area contributed by atoms with E-state index in [-0.39, 0.29) is 6.79 Å². The van der Waals surface area contributed by atoms with Gasteiger partial charge < -0.3 is 28.4 Å². The van der Waals surface area contributed by atoms with E-state index in [1.807, 2.05) is 0 Å². The molecule has 0 fully saturated rings. The van der Waals surface area contributed by atoms with Gasteiger partial charge in [-0.2, -0.15) is 0 Å². The quantitative estimate of drug-likeness (QED) is 0.266. The zero-order valence-corrected chi connectivity index (χ0v) is 19.2. The summed E-state index contributed by atoms with van der Waals surface area (Å²) in [7, 11) is 3.04. The summed E-state index contributed by atoms with van der Waals surface area (Å²) >= 11 is 0. The van der Waals surface area contributed by atoms with Crippen LogP contribution in [0.1, 0.15) is 25.0 Å². The van der Waals surface area contributed by atoms with Crippen molar-refractivity contribution in [2.45, 2.75) is 13.8 Å². The third-order valence-electron chi connectivity index (χ3n) is 4.20. The average molecular weight is 456 g/mol. The molecule has 0 radical (unpaired) electrons. The van der Waals surface area contributed by atoms with Crippen LogP contribution in [0, 0.1) is 0 Å². The molecule has 2 aromatic rings. The molecule has 0 bridgehead atoms. The van der Waals surface area contributed by atoms with Crippen molar-refractivity contribution < 1.29 is 38.0 Å². The summed E-state index contributed by atoms with van der Waals surface area (Å²) < 4.78 is 31.9. The lowest BCUT2D eigenvalue weighted by atomic mass is 10.2. The van der Waals surface area contributed by atoms with Gasteiger partial charge in [0.1, 0.15) is 0 Å². The summed E-state index contributed by atoms with van der Waals surface area (Å²) in [5.74, 6) is 1.08. The molecule has 0 spiro atoms. The fourth-order valence-corrected chi connectivity index (χ4v) is 2.68. The van der Waals surface area contributed by atoms with Crippen LogP contribution < -0.4 is 18.9 Å². The number of hydrogen-bond donors (Lipinski definition) is 0. The standard InChI is InChI=1S/C25H28O8/c1-5-30-24(26)13-9-18-7-11-20(22(15-18)28-3)32-17-33-21-12-8-19(16-23(21)29-4)10-14-25(27)31-6-2/h7-16H,5-6,17H2,1-4H3/b13-9+,14-10+. The van der Waals surface area contributed by atoms with Crippen molar-refractivity contribution in [2.24, 2.45) is 0 Å². The van der Waals surface area contributed by atoms with E-state index in [4.69, 9.17) is 28.4 Å². The minimum Gasteiger partial charge on any atom is -0.493 e. The normalized spacial score (nSPS) is 10.8. The Morgan fingerprint density at radius 3 is 1.48 bits per heavy atom. The van der Waals surface area contributed by atoms with E-state index in [1.54, 1.807) is 62.4 Å². The maximum absolute atomic E-state index is 11.5. The van der Waals surface area contributed by atoms with Crippen molar-refractivity contribution in [3.8, 4) is 23.0 Å². The highest BCUT2D eigenvalue weighted by molar-refractivity contribution is 5.87. The monoisotopic (exact) mass is 456 g/mol. The Bertz CT molecular complexity index is 914. The van der Waals surface area contributed by atoms with E-state index < -0.39 is 11.9 Å². The highest BCUT2D eigenvalue weighted by Gasteiger charge is 2.09. The molecule has 0 N–H and O–H groups in total. The van der Waals surface area contributed by atoms with Crippen LogP contribution in [0.5, 0.6) is 23.0 Å². The molecule has 0 amide bonds. The van der Waals surface area contributed by atoms with E-state index in [0.717, 1.165) is 11.1 Å². The summed E-state index contributed by atoms with van der Waals surface area (Å²) in [4.78, 5) is 22.9. The molecule has 2 aromatic carbocycles. The van der Waals surface area contributed by atoms with Gasteiger partial charge in [0.05, 0.1) is 27.4 Å². The number of carbonyl (C=O) groups excluding carboxylic acids is 2. The van der Waals surface area contributed by atoms with Gasteiger partial charge in [0, 0.05) is 12.2 Å². The van der Waals surface area contributed by atoms with Crippen molar-refractivity contribution in [1.29, 1.82) is 0 Å². The van der Waals surface area contributed by atoms with Gasteiger partial charge in [0.25, 0.3) is 0 Å². The minimum atomic E-state index is -0.415. The number of rotatable bonds is 12. The van der Waals surface area contributed by atoms with Crippen LogP contribution in [0.4, 0.5) is 0 Å². The van der Waals surface area contributed by atoms with Crippen LogP contribution >= 0.6 is 0 Å². The van der Waals surface area contributed by atoms with Crippen LogP contribution in [0.2, 0.25) is 0 Å². The lowest BCUT2D eigenvalue weighted by Gasteiger charge is -2.14. The van der Waals surface area contributed by atoms with Crippen molar-refractivity contribution in [3.05, 3.63) is 59.7 Å². The van der Waals surface area contributed by atoms with Crippen molar-refractivity contribution >= 4 is 24.1 Å². The van der Waals surface area contributed by atoms with Gasteiger partial charge in [-0.1, -0.05) is 12.1 Å². The van der Waals surface area contributed by atoms with Crippen LogP contribution in [0.3, 0.4) is 0 Å². The highest BCUT2D eigenvalue weighted by atomic mass is 16.7. The Kier molecular flexibility index (Phi) is 10.3. The largest absolute Gasteiger partial charge is 0.493 e. The van der Waals surface area contributed by atoms with Crippen molar-refractivity contribution in [2.75, 3.05) is 34.2 Å². The SMILES string of the molecule is CCOC(=O)/C=C/c1ccc(OCOc2ccc(/C=C/C(=O)OCC)cc2OC)c(OC)c1. The van der Waals surface area contributed by atoms with Crippen LogP contribution in [-0.2, 0) is 19.1 Å². The molecule has 0 unspecified atom stereocenters. The number of methoxy groups -OCH3 is 2. The fraction of sp³-hybridized carbons (Fsp3) is 0.280. The van der Waals surface area contributed by atoms with E-state index in [1.165, 1.54) is 26.4 Å². The smallest absolute Gasteiger partial charge is 0.330 e. The summed E-state index contributed by atoms with van der Waals surface area (Å²) in [6.45, 7) is 4.03. The molecule has 8 nitrogen and oxygen atoms in total. The topological polar surface area (TPSA) is 89.5 Å². The Morgan fingerprint density at radius 1 is 0.697 bits per heavy atom. The van der Waals surface area contributed by atoms with Gasteiger partial charge in [0.2, 0.25) is 6.79 Å². The maximum Gasteiger partial charge on any atom is 0.330 e. The molecule has 0 aromatic heterocycles. The molecule has 0 saturated carbocycles. The second-order valence-electron chi connectivity index (χ2n) is 6.40. The fourth-order valence-electron chi connectivity index (χ4n) is 2.68. The Labute approximate surface area is 193 Å². The van der Waals surface area contributed by atoms with Crippen molar-refractivity contribution in [3.63, 3.8) is 0 Å². The predicted octanol–water partition coefficient (Wildman–Crippen LogP) is 4.27. The Hall–Kier alpha value is -3.94. The van der Waals surface area contributed by atoms with Crippen molar-refractivity contribution in [1.82, 2.24) is 0 Å². The molecule has 176 valence electrons. The summed E-state index contributed by atoms with van der Waals surface area (Å²) in [5, 5.41) is 0. The first-order valence-electron chi connectivity index (χ1n) is 10.3. The van der Waals surface area contributed by atoms with Gasteiger partial charge in [-0.15, -0.1) is 0 Å². The molecule has 0 aliphatic heterocycles. The summed E-state index contributed by atoms with van der Waals surface area (Å²) in [5.41, 5.74) is 1.50. The molecular weight excluding hydrogens is 428 g/mol. The summed E-state index contributed by atoms with van der Waals surface area (Å²) in [6.07, 6.45) is 5.95. The lowest BCUT2D eigenvalue weighted by Crippen LogP contribution is -2.07. The van der Waals surface area contributed by atoms with Crippen LogP contribution in [0.25, 0.3) is 12.2 Å². The Morgan fingerprint density at radius 2 is 1.12 bits per heavy atom. The van der Waals surface area contributed by atoms with Gasteiger partial charge in [-0.05, 0) is 61.4 Å². The molecule has 0 heterocycles. The van der Waals surface area contributed by atoms with Gasteiger partial charge >= 0.3 is 11.9 Å². The Balaban J connectivity index is 2.01. The highest BCUT2D eigenvalue weighted by Crippen LogP contribution is 2.31. The van der Waals surface area contributed by atoms with Gasteiger partial charge in [0.15, 0.2) is 23.0 Å². The maximum atomic E-state index is 11.5. The zero-order chi connectivity index (χ0) is 24.1. The third-order valence-corrected chi connectivity index (χ3v) is 4.20. The number of hydrogen-bond acceptors (Lipinski definition) is 8. The first-order valence-corrected chi connectivity index (χ1v) is 10.3. The van der Waals surface area contributed by atoms with Gasteiger partial charge in [-0.3, -0.25) is 0 Å². The first-order chi connectivity index (χ1) is 16.0. The molecular formula is C25H28O8. The number of benzene rings is 2. The van der Waals surface area contributed by atoms with E-state index in [2.05, 4.69) is 0 Å². The lowest BCUT2D eigenvalue weighted by molar-refractivity contribution is -0.138. The third kappa shape index (κ3) is 8.25. The number of ether oxygens (including phenoxy) is 6. The van der Waals surface area contributed by atoms with Crippen LogP contribution in [-0.4, -0.2) is 46.2 Å². The molecule has 0 saturated heterocycles. The molecule has 8 heteroatoms. The van der Waals surface area contributed by atoms with Gasteiger partial charge in [-0.25, -0.2) is 9.59 Å². The molecule has 0 atom stereocenters. The second-order valence-corrected chi connectivity index (χ2v) is 6.40.